The van der Waals surface area contributed by atoms with Gasteiger partial charge in [0.1, 0.15) is 0 Å². The normalized spacial score (nSPS) is 15.9. The summed E-state index contributed by atoms with van der Waals surface area (Å²) in [5.74, 6) is -0.00608. The van der Waals surface area contributed by atoms with Gasteiger partial charge in [-0.05, 0) is 60.1 Å². The molecule has 0 radical (unpaired) electrons. The van der Waals surface area contributed by atoms with Gasteiger partial charge >= 0.3 is 0 Å². The molecule has 1 amide bonds. The lowest BCUT2D eigenvalue weighted by molar-refractivity contribution is -0.130. The van der Waals surface area contributed by atoms with Crippen molar-refractivity contribution in [3.63, 3.8) is 0 Å². The Labute approximate surface area is 167 Å². The van der Waals surface area contributed by atoms with Crippen LogP contribution in [-0.4, -0.2) is 44.9 Å². The minimum Gasteiger partial charge on any atom is -0.375 e. The summed E-state index contributed by atoms with van der Waals surface area (Å²) in [5, 5.41) is 4.76. The van der Waals surface area contributed by atoms with Crippen LogP contribution < -0.4 is 10.0 Å². The zero-order chi connectivity index (χ0) is 18.6. The van der Waals surface area contributed by atoms with Crippen molar-refractivity contribution in [1.82, 2.24) is 9.62 Å². The molecular weight excluding hydrogens is 477 g/mol. The maximum Gasteiger partial charge on any atom is 0.241 e. The number of likely N-dealkylation sites (tertiary alicyclic amines) is 1. The number of piperidine rings is 1. The molecule has 1 aliphatic rings. The molecule has 1 aromatic rings. The summed E-state index contributed by atoms with van der Waals surface area (Å²) >= 11 is 8.26. The van der Waals surface area contributed by atoms with E-state index in [1.54, 1.807) is 4.90 Å². The Bertz CT molecular complexity index is 762. The van der Waals surface area contributed by atoms with E-state index in [1.807, 2.05) is 19.1 Å². The second-order valence-corrected chi connectivity index (χ2v) is 9.15. The van der Waals surface area contributed by atoms with Gasteiger partial charge in [-0.3, -0.25) is 4.79 Å². The van der Waals surface area contributed by atoms with Crippen molar-refractivity contribution in [3.8, 4) is 0 Å². The summed E-state index contributed by atoms with van der Waals surface area (Å²) in [6.45, 7) is 6.45. The first-order valence-electron chi connectivity index (χ1n) is 7.84. The third kappa shape index (κ3) is 5.83. The van der Waals surface area contributed by atoms with E-state index < -0.39 is 10.0 Å². The quantitative estimate of drug-likeness (QED) is 0.593. The van der Waals surface area contributed by atoms with E-state index in [0.717, 1.165) is 20.2 Å². The number of nitrogens with one attached hydrogen (secondary N) is 2. The van der Waals surface area contributed by atoms with E-state index >= 15 is 0 Å². The fourth-order valence-electron chi connectivity index (χ4n) is 2.60. The summed E-state index contributed by atoms with van der Waals surface area (Å²) in [4.78, 5) is 14.1. The topological polar surface area (TPSA) is 78.5 Å². The van der Waals surface area contributed by atoms with Crippen LogP contribution >= 0.6 is 34.2 Å². The molecule has 0 saturated carbocycles. The van der Waals surface area contributed by atoms with Crippen LogP contribution in [0.15, 0.2) is 24.1 Å². The van der Waals surface area contributed by atoms with Gasteiger partial charge in [-0.15, -0.1) is 0 Å². The number of anilines is 1. The van der Waals surface area contributed by atoms with Crippen LogP contribution in [0.5, 0.6) is 0 Å². The van der Waals surface area contributed by atoms with Crippen LogP contribution in [0.4, 0.5) is 5.69 Å². The number of hydrogen-bond donors (Lipinski definition) is 2. The van der Waals surface area contributed by atoms with Crippen LogP contribution in [0.25, 0.3) is 0 Å². The Kier molecular flexibility index (Phi) is 7.12. The van der Waals surface area contributed by atoms with Crippen molar-refractivity contribution in [3.05, 3.63) is 38.3 Å². The minimum absolute atomic E-state index is 0.00608. The second kappa shape index (κ2) is 8.70. The summed E-state index contributed by atoms with van der Waals surface area (Å²) < 4.78 is 26.5. The van der Waals surface area contributed by atoms with Crippen LogP contribution in [0.1, 0.15) is 18.4 Å². The largest absolute Gasteiger partial charge is 0.375 e. The van der Waals surface area contributed by atoms with Gasteiger partial charge in [-0.25, -0.2) is 13.1 Å². The molecule has 1 saturated heterocycles. The Morgan fingerprint density at radius 2 is 2.08 bits per heavy atom. The fourth-order valence-corrected chi connectivity index (χ4v) is 4.40. The minimum atomic E-state index is -3.43. The number of nitrogens with zero attached hydrogens (tertiary/aromatic N) is 1. The average Bonchev–Trinajstić information content (AvgIpc) is 2.57. The number of sulfonamides is 1. The molecule has 9 heteroatoms. The number of carbonyl (C=O) groups is 1. The molecular formula is C16H21ClIN3O3S. The number of rotatable bonds is 6. The SMILES string of the molecule is C=CS(=O)(=O)NC1CCN(C(=O)CNc2cc(C)c(Cl)cc2I)CC1. The molecule has 2 N–H and O–H groups in total. The Morgan fingerprint density at radius 1 is 1.44 bits per heavy atom. The molecule has 0 bridgehead atoms. The van der Waals surface area contributed by atoms with Gasteiger partial charge in [0.15, 0.2) is 0 Å². The van der Waals surface area contributed by atoms with E-state index in [1.165, 1.54) is 0 Å². The number of carbonyl (C=O) groups excluding carboxylic acids is 1. The summed E-state index contributed by atoms with van der Waals surface area (Å²) in [5.41, 5.74) is 1.83. The van der Waals surface area contributed by atoms with Crippen molar-refractivity contribution >= 4 is 55.8 Å². The van der Waals surface area contributed by atoms with Crippen molar-refractivity contribution < 1.29 is 13.2 Å². The number of benzene rings is 1. The number of halogens is 2. The molecule has 0 aromatic heterocycles. The highest BCUT2D eigenvalue weighted by molar-refractivity contribution is 14.1. The van der Waals surface area contributed by atoms with Gasteiger partial charge in [0.25, 0.3) is 0 Å². The van der Waals surface area contributed by atoms with E-state index in [4.69, 9.17) is 11.6 Å². The first kappa shape index (κ1) is 20.5. The van der Waals surface area contributed by atoms with E-state index in [9.17, 15) is 13.2 Å². The monoisotopic (exact) mass is 497 g/mol. The predicted molar refractivity (Wildman–Crippen MR) is 109 cm³/mol. The number of aryl methyl sites for hydroxylation is 1. The standard InChI is InChI=1S/C16H21ClIN3O3S/c1-3-25(23,24)20-12-4-6-21(7-5-12)16(22)10-19-15-8-11(2)13(17)9-14(15)18/h3,8-9,12,19-20H,1,4-7,10H2,2H3. The molecule has 1 fully saturated rings. The highest BCUT2D eigenvalue weighted by Gasteiger charge is 2.24. The highest BCUT2D eigenvalue weighted by atomic mass is 127. The summed E-state index contributed by atoms with van der Waals surface area (Å²) in [6.07, 6.45) is 1.19. The molecule has 1 aliphatic heterocycles. The van der Waals surface area contributed by atoms with Gasteiger partial charge in [0.05, 0.1) is 6.54 Å². The Hall–Kier alpha value is -0.840. The molecule has 1 aromatic carbocycles. The molecule has 6 nitrogen and oxygen atoms in total. The van der Waals surface area contributed by atoms with Crippen LogP contribution in [-0.2, 0) is 14.8 Å². The fraction of sp³-hybridized carbons (Fsp3) is 0.438. The molecule has 0 aliphatic carbocycles. The lowest BCUT2D eigenvalue weighted by atomic mass is 10.1. The van der Waals surface area contributed by atoms with Crippen LogP contribution in [0.3, 0.4) is 0 Å². The first-order valence-corrected chi connectivity index (χ1v) is 10.8. The smallest absolute Gasteiger partial charge is 0.241 e. The van der Waals surface area contributed by atoms with Crippen molar-refractivity contribution in [2.45, 2.75) is 25.8 Å². The number of hydrogen-bond acceptors (Lipinski definition) is 4. The summed E-state index contributed by atoms with van der Waals surface area (Å²) in [7, 11) is -3.43. The van der Waals surface area contributed by atoms with Crippen LogP contribution in [0, 0.1) is 10.5 Å². The molecule has 2 rings (SSSR count). The molecule has 138 valence electrons. The molecule has 25 heavy (non-hydrogen) atoms. The molecule has 0 atom stereocenters. The van der Waals surface area contributed by atoms with Crippen molar-refractivity contribution in [1.29, 1.82) is 0 Å². The Morgan fingerprint density at radius 3 is 2.68 bits per heavy atom. The van der Waals surface area contributed by atoms with Crippen LogP contribution in [0.2, 0.25) is 5.02 Å². The zero-order valence-corrected chi connectivity index (χ0v) is 17.6. The second-order valence-electron chi connectivity index (χ2n) is 5.92. The maximum absolute atomic E-state index is 12.4. The first-order chi connectivity index (χ1) is 11.7. The zero-order valence-electron chi connectivity index (χ0n) is 13.9. The third-order valence-electron chi connectivity index (χ3n) is 4.08. The van der Waals surface area contributed by atoms with Gasteiger partial charge in [-0.1, -0.05) is 18.2 Å². The van der Waals surface area contributed by atoms with E-state index in [-0.39, 0.29) is 18.5 Å². The molecule has 0 spiro atoms. The van der Waals surface area contributed by atoms with E-state index in [0.29, 0.717) is 31.0 Å². The van der Waals surface area contributed by atoms with Crippen molar-refractivity contribution in [2.24, 2.45) is 0 Å². The third-order valence-corrected chi connectivity index (χ3v) is 6.48. The van der Waals surface area contributed by atoms with Crippen molar-refractivity contribution in [2.75, 3.05) is 25.0 Å². The lowest BCUT2D eigenvalue weighted by Gasteiger charge is -2.32. The lowest BCUT2D eigenvalue weighted by Crippen LogP contribution is -2.47. The van der Waals surface area contributed by atoms with E-state index in [2.05, 4.69) is 39.2 Å². The van der Waals surface area contributed by atoms with Gasteiger partial charge in [0, 0.05) is 38.8 Å². The van der Waals surface area contributed by atoms with Gasteiger partial charge in [0.2, 0.25) is 15.9 Å². The molecule has 1 heterocycles. The number of amides is 1. The summed E-state index contributed by atoms with van der Waals surface area (Å²) in [6, 6.07) is 3.63. The maximum atomic E-state index is 12.4. The highest BCUT2D eigenvalue weighted by Crippen LogP contribution is 2.26. The Balaban J connectivity index is 1.85. The molecule has 0 unspecified atom stereocenters. The van der Waals surface area contributed by atoms with Gasteiger partial charge in [-0.2, -0.15) is 0 Å². The average molecular weight is 498 g/mol. The predicted octanol–water partition coefficient (Wildman–Crippen LogP) is 2.72. The van der Waals surface area contributed by atoms with Gasteiger partial charge < -0.3 is 10.2 Å².